The number of primary amides is 2. The molecule has 2 aliphatic rings. The number of pyridine rings is 2. The molecule has 7 aromatic heterocycles. The third-order valence-corrected chi connectivity index (χ3v) is 12.1. The minimum atomic E-state index is -0.580. The van der Waals surface area contributed by atoms with E-state index in [0.717, 1.165) is 45.8 Å². The molecule has 0 aliphatic carbocycles. The second-order valence-electron chi connectivity index (χ2n) is 16.2. The highest BCUT2D eigenvalue weighted by atomic mass is 79.9. The second-order valence-corrected chi connectivity index (χ2v) is 17.1. The lowest BCUT2D eigenvalue weighted by Crippen LogP contribution is -2.30. The summed E-state index contributed by atoms with van der Waals surface area (Å²) in [5, 5.41) is 38.0. The predicted octanol–water partition coefficient (Wildman–Crippen LogP) is 4.46. The lowest BCUT2D eigenvalue weighted by molar-refractivity contribution is -0.144. The summed E-state index contributed by atoms with van der Waals surface area (Å²) >= 11 is 3.45. The van der Waals surface area contributed by atoms with E-state index in [4.69, 9.17) is 26.7 Å². The Morgan fingerprint density at radius 3 is 1.74 bits per heavy atom. The first-order chi connectivity index (χ1) is 31.8. The van der Waals surface area contributed by atoms with E-state index in [1.165, 1.54) is 17.1 Å². The van der Waals surface area contributed by atoms with Gasteiger partial charge in [0, 0.05) is 84.8 Å². The molecule has 0 radical (unpaired) electrons. The third-order valence-electron chi connectivity index (χ3n) is 11.6. The number of anilines is 4. The molecular weight excluding hydrogens is 909 g/mol. The summed E-state index contributed by atoms with van der Waals surface area (Å²) in [5.74, 6) is 0.700. The van der Waals surface area contributed by atoms with Crippen LogP contribution in [0, 0.1) is 34.5 Å². The van der Waals surface area contributed by atoms with Crippen LogP contribution in [0.15, 0.2) is 90.4 Å². The van der Waals surface area contributed by atoms with Crippen molar-refractivity contribution in [1.29, 1.82) is 10.5 Å². The van der Waals surface area contributed by atoms with Crippen LogP contribution in [0.25, 0.3) is 22.2 Å². The number of halogens is 1. The lowest BCUT2D eigenvalue weighted by Gasteiger charge is -2.21. The second kappa shape index (κ2) is 19.0. The number of rotatable bonds is 12. The van der Waals surface area contributed by atoms with Crippen LogP contribution in [-0.2, 0) is 16.1 Å². The number of carbonyl (C=O) groups excluding carboxylic acids is 3. The molecule has 4 atom stereocenters. The molecular formula is C45H45BrN16O4. The monoisotopic (exact) mass is 952 g/mol. The van der Waals surface area contributed by atoms with Crippen molar-refractivity contribution >= 4 is 67.8 Å². The summed E-state index contributed by atoms with van der Waals surface area (Å²) in [5.41, 5.74) is 17.4. The van der Waals surface area contributed by atoms with E-state index >= 15 is 0 Å². The molecule has 0 saturated carbocycles. The zero-order valence-corrected chi connectivity index (χ0v) is 37.8. The number of aromatic nitrogens is 8. The minimum absolute atomic E-state index is 0.00224. The molecule has 7 aromatic rings. The number of fused-ring (bicyclic) bond motifs is 2. The molecule has 2 saturated heterocycles. The summed E-state index contributed by atoms with van der Waals surface area (Å²) in [6, 6.07) is 15.3. The van der Waals surface area contributed by atoms with Gasteiger partial charge in [-0.15, -0.1) is 0 Å². The maximum atomic E-state index is 12.3. The molecule has 9 rings (SSSR count). The van der Waals surface area contributed by atoms with E-state index in [1.807, 2.05) is 36.7 Å². The summed E-state index contributed by atoms with van der Waals surface area (Å²) in [6.07, 6.45) is 13.2. The fourth-order valence-corrected chi connectivity index (χ4v) is 8.60. The number of amides is 2. The Morgan fingerprint density at radius 2 is 1.26 bits per heavy atom. The van der Waals surface area contributed by atoms with Crippen molar-refractivity contribution in [3.05, 3.63) is 113 Å². The molecule has 66 heavy (non-hydrogen) atoms. The fraction of sp³-hybridized carbons (Fsp3) is 0.289. The predicted molar refractivity (Wildman–Crippen MR) is 248 cm³/mol. The molecule has 0 unspecified atom stereocenters. The smallest absolute Gasteiger partial charge is 0.327 e. The number of nitrogens with two attached hydrogens (primary N) is 2. The molecule has 336 valence electrons. The number of nitrogens with zero attached hydrogens (tertiary/aromatic N) is 12. The number of hydrogen-bond donors (Lipinski definition) is 4. The molecule has 2 amide bonds. The molecule has 21 heteroatoms. The molecule has 0 spiro atoms. The number of ether oxygens (including phenoxy) is 1. The summed E-state index contributed by atoms with van der Waals surface area (Å²) in [6.45, 7) is 9.31. The average Bonchev–Trinajstić information content (AvgIpc) is 4.16. The van der Waals surface area contributed by atoms with Crippen LogP contribution in [0.5, 0.6) is 0 Å². The van der Waals surface area contributed by atoms with E-state index in [-0.39, 0.29) is 30.5 Å². The zero-order chi connectivity index (χ0) is 46.6. The Labute approximate surface area is 386 Å². The third kappa shape index (κ3) is 9.42. The van der Waals surface area contributed by atoms with Gasteiger partial charge in [-0.3, -0.25) is 19.1 Å². The summed E-state index contributed by atoms with van der Waals surface area (Å²) in [7, 11) is 0. The van der Waals surface area contributed by atoms with E-state index < -0.39 is 11.8 Å². The highest BCUT2D eigenvalue weighted by Gasteiger charge is 2.33. The van der Waals surface area contributed by atoms with E-state index in [2.05, 4.69) is 87.6 Å². The van der Waals surface area contributed by atoms with Gasteiger partial charge < -0.3 is 36.6 Å². The Hall–Kier alpha value is -8.04. The van der Waals surface area contributed by atoms with Gasteiger partial charge in [0.25, 0.3) is 11.8 Å². The quantitative estimate of drug-likeness (QED) is 0.123. The van der Waals surface area contributed by atoms with Crippen LogP contribution < -0.4 is 31.9 Å². The Bertz CT molecular complexity index is 3020. The Kier molecular flexibility index (Phi) is 12.8. The van der Waals surface area contributed by atoms with Crippen molar-refractivity contribution in [2.75, 3.05) is 53.2 Å². The van der Waals surface area contributed by atoms with Crippen LogP contribution >= 0.6 is 15.9 Å². The number of hydrogen-bond acceptors (Lipinski definition) is 15. The maximum Gasteiger partial charge on any atom is 0.327 e. The highest BCUT2D eigenvalue weighted by Crippen LogP contribution is 2.33. The molecule has 0 aromatic carbocycles. The van der Waals surface area contributed by atoms with Crippen LogP contribution in [0.4, 0.5) is 23.0 Å². The maximum absolute atomic E-state index is 12.3. The average molecular weight is 954 g/mol. The summed E-state index contributed by atoms with van der Waals surface area (Å²) < 4.78 is 10.8. The lowest BCUT2D eigenvalue weighted by atomic mass is 10.1. The first-order valence-corrected chi connectivity index (χ1v) is 21.8. The van der Waals surface area contributed by atoms with Gasteiger partial charge in [0.05, 0.1) is 69.9 Å². The number of nitriles is 2. The van der Waals surface area contributed by atoms with E-state index in [0.29, 0.717) is 64.8 Å². The van der Waals surface area contributed by atoms with Crippen molar-refractivity contribution in [2.45, 2.75) is 39.4 Å². The highest BCUT2D eigenvalue weighted by molar-refractivity contribution is 9.10. The van der Waals surface area contributed by atoms with Crippen molar-refractivity contribution in [1.82, 2.24) is 39.0 Å². The van der Waals surface area contributed by atoms with Crippen molar-refractivity contribution in [3.63, 3.8) is 0 Å². The zero-order valence-electron chi connectivity index (χ0n) is 36.2. The van der Waals surface area contributed by atoms with Crippen LogP contribution in [0.1, 0.15) is 52.6 Å². The SMILES string of the molecule is CCOC(=O)Cn1cc(-c2cc3c(N[C@@H]4CN(c5ccc(C#N)cn5)C[C@@H]4C)c(C(N)=O)cnn3c2)cn1.C[C@H]1CN(c2ccc(C#N)cn2)C[C@H]1Nc1c(C(N)=O)cnn2cc(Br)cc12. The largest absolute Gasteiger partial charge is 0.465 e. The van der Waals surface area contributed by atoms with Gasteiger partial charge in [-0.1, -0.05) is 13.8 Å². The topological polar surface area (TPSA) is 269 Å². The minimum Gasteiger partial charge on any atom is -0.465 e. The van der Waals surface area contributed by atoms with Crippen molar-refractivity contribution in [3.8, 4) is 23.3 Å². The van der Waals surface area contributed by atoms with E-state index in [1.54, 1.807) is 52.9 Å². The van der Waals surface area contributed by atoms with Crippen LogP contribution in [0.3, 0.4) is 0 Å². The number of carbonyl (C=O) groups is 3. The fourth-order valence-electron chi connectivity index (χ4n) is 8.19. The van der Waals surface area contributed by atoms with Crippen molar-refractivity contribution in [2.24, 2.45) is 23.3 Å². The van der Waals surface area contributed by atoms with E-state index in [9.17, 15) is 14.4 Å². The molecule has 2 fully saturated rings. The van der Waals surface area contributed by atoms with Gasteiger partial charge in [0.2, 0.25) is 0 Å². The Morgan fingerprint density at radius 1 is 0.727 bits per heavy atom. The number of esters is 1. The molecule has 20 nitrogen and oxygen atoms in total. The van der Waals surface area contributed by atoms with Gasteiger partial charge >= 0.3 is 5.97 Å². The Balaban J connectivity index is 0.000000188. The normalized spacial score (nSPS) is 17.8. The van der Waals surface area contributed by atoms with Gasteiger partial charge in [-0.25, -0.2) is 19.0 Å². The first kappa shape index (κ1) is 44.6. The molecule has 6 N–H and O–H groups in total. The number of nitrogens with one attached hydrogen (secondary N) is 2. The molecule has 0 bridgehead atoms. The summed E-state index contributed by atoms with van der Waals surface area (Å²) in [4.78, 5) is 49.2. The van der Waals surface area contributed by atoms with Crippen molar-refractivity contribution < 1.29 is 19.1 Å². The van der Waals surface area contributed by atoms with Crippen LogP contribution in [0.2, 0.25) is 0 Å². The van der Waals surface area contributed by atoms with Gasteiger partial charge in [0.1, 0.15) is 30.3 Å². The van der Waals surface area contributed by atoms with Gasteiger partial charge in [-0.05, 0) is 71.1 Å². The molecule has 9 heterocycles. The molecule has 2 aliphatic heterocycles. The standard InChI is InChI=1S/C26H27N9O3.C19H18BrN7O/c1-3-38-24(36)15-34-12-19(9-30-34)18-6-22-25(20(26(28)37)10-31-35(22)13-18)32-21-14-33(11-16(21)2)23-5-4-17(7-27)8-29-23;1-11-8-26(17-3-2-12(5-21)6-23-17)10-15(11)25-18-14(19(22)28)7-24-27-9-13(20)4-16(18)27/h4-6,8-10,12-13,16,21,32H,3,11,14-15H2,1-2H3,(H2,28,37);2-4,6-7,9,11,15,25H,8,10H2,1H3,(H2,22,28)/t16-,21+;11-,15+/m00/s1. The first-order valence-electron chi connectivity index (χ1n) is 21.0. The van der Waals surface area contributed by atoms with Gasteiger partial charge in [0.15, 0.2) is 0 Å². The van der Waals surface area contributed by atoms with Crippen LogP contribution in [-0.4, -0.2) is 102 Å². The van der Waals surface area contributed by atoms with Gasteiger partial charge in [-0.2, -0.15) is 25.8 Å².